The number of nitrogens with zero attached hydrogens (tertiary/aromatic N) is 1. The second-order valence-electron chi connectivity index (χ2n) is 3.52. The first-order valence-electron chi connectivity index (χ1n) is 4.80. The summed E-state index contributed by atoms with van der Waals surface area (Å²) in [4.78, 5) is 23.4. The smallest absolute Gasteiger partial charge is 0.304 e. The number of hydrogen-bond acceptors (Lipinski definition) is 3. The zero-order valence-electron chi connectivity index (χ0n) is 8.32. The highest BCUT2D eigenvalue weighted by atomic mass is 16.4. The lowest BCUT2D eigenvalue weighted by Gasteiger charge is -2.19. The van der Waals surface area contributed by atoms with E-state index in [0.29, 0.717) is 19.1 Å². The molecule has 5 nitrogen and oxygen atoms in total. The molecule has 0 bridgehead atoms. The summed E-state index contributed by atoms with van der Waals surface area (Å²) in [6.45, 7) is 0.780. The van der Waals surface area contributed by atoms with Crippen molar-refractivity contribution >= 4 is 11.9 Å². The van der Waals surface area contributed by atoms with Crippen LogP contribution in [-0.2, 0) is 9.59 Å². The lowest BCUT2D eigenvalue weighted by molar-refractivity contribution is -0.137. The maximum Gasteiger partial charge on any atom is 0.304 e. The molecule has 80 valence electrons. The number of nitrogens with one attached hydrogen (secondary N) is 1. The normalized spacial score (nSPS) is 15.6. The van der Waals surface area contributed by atoms with E-state index in [1.54, 1.807) is 7.05 Å². The summed E-state index contributed by atoms with van der Waals surface area (Å²) >= 11 is 0. The van der Waals surface area contributed by atoms with Gasteiger partial charge in [-0.25, -0.2) is 0 Å². The van der Waals surface area contributed by atoms with Gasteiger partial charge >= 0.3 is 5.97 Å². The van der Waals surface area contributed by atoms with Crippen molar-refractivity contribution in [2.75, 3.05) is 20.1 Å². The Kier molecular flexibility index (Phi) is 3.88. The van der Waals surface area contributed by atoms with E-state index in [1.807, 2.05) is 4.90 Å². The van der Waals surface area contributed by atoms with Crippen molar-refractivity contribution in [3.8, 4) is 0 Å². The fraction of sp³-hybridized carbons (Fsp3) is 0.778. The van der Waals surface area contributed by atoms with Crippen LogP contribution >= 0.6 is 0 Å². The third-order valence-electron chi connectivity index (χ3n) is 2.30. The highest BCUT2D eigenvalue weighted by molar-refractivity contribution is 5.77. The number of aliphatic carboxylic acids is 1. The molecule has 0 spiro atoms. The number of carboxylic acid groups (broad SMARTS) is 1. The largest absolute Gasteiger partial charge is 0.481 e. The van der Waals surface area contributed by atoms with Crippen molar-refractivity contribution in [3.63, 3.8) is 0 Å². The van der Waals surface area contributed by atoms with Gasteiger partial charge in [0.05, 0.1) is 13.0 Å². The van der Waals surface area contributed by atoms with Gasteiger partial charge in [0.15, 0.2) is 0 Å². The SMILES string of the molecule is CNC(=O)CN(CCC(=O)O)C1CC1. The molecule has 0 aromatic rings. The summed E-state index contributed by atoms with van der Waals surface area (Å²) in [5.41, 5.74) is 0. The number of carboxylic acids is 1. The van der Waals surface area contributed by atoms with Crippen molar-refractivity contribution in [3.05, 3.63) is 0 Å². The molecular weight excluding hydrogens is 184 g/mol. The van der Waals surface area contributed by atoms with Crippen LogP contribution in [0, 0.1) is 0 Å². The van der Waals surface area contributed by atoms with E-state index < -0.39 is 5.97 Å². The zero-order chi connectivity index (χ0) is 10.6. The monoisotopic (exact) mass is 200 g/mol. The molecule has 0 saturated heterocycles. The Morgan fingerprint density at radius 2 is 2.14 bits per heavy atom. The summed E-state index contributed by atoms with van der Waals surface area (Å²) in [6.07, 6.45) is 2.26. The first-order valence-corrected chi connectivity index (χ1v) is 4.80. The minimum atomic E-state index is -0.812. The van der Waals surface area contributed by atoms with Gasteiger partial charge in [0, 0.05) is 19.6 Å². The van der Waals surface area contributed by atoms with Gasteiger partial charge in [0.25, 0.3) is 0 Å². The second kappa shape index (κ2) is 4.95. The van der Waals surface area contributed by atoms with Crippen LogP contribution in [-0.4, -0.2) is 48.1 Å². The molecule has 1 amide bonds. The molecule has 2 N–H and O–H groups in total. The molecule has 0 heterocycles. The second-order valence-corrected chi connectivity index (χ2v) is 3.52. The molecule has 1 fully saturated rings. The summed E-state index contributed by atoms with van der Waals surface area (Å²) in [5, 5.41) is 11.1. The Hall–Kier alpha value is -1.10. The first kappa shape index (κ1) is 11.0. The minimum absolute atomic E-state index is 0.0534. The van der Waals surface area contributed by atoms with Crippen molar-refractivity contribution in [1.29, 1.82) is 0 Å². The van der Waals surface area contributed by atoms with Gasteiger partial charge in [0.1, 0.15) is 0 Å². The molecule has 1 rings (SSSR count). The van der Waals surface area contributed by atoms with E-state index >= 15 is 0 Å². The van der Waals surface area contributed by atoms with Crippen LogP contribution in [0.1, 0.15) is 19.3 Å². The third kappa shape index (κ3) is 3.74. The molecule has 14 heavy (non-hydrogen) atoms. The molecule has 0 aromatic heterocycles. The predicted octanol–water partition coefficient (Wildman–Crippen LogP) is -0.328. The summed E-state index contributed by atoms with van der Waals surface area (Å²) in [6, 6.07) is 0.423. The third-order valence-corrected chi connectivity index (χ3v) is 2.30. The Morgan fingerprint density at radius 1 is 1.50 bits per heavy atom. The van der Waals surface area contributed by atoms with Gasteiger partial charge in [-0.3, -0.25) is 14.5 Å². The molecule has 0 atom stereocenters. The van der Waals surface area contributed by atoms with Crippen molar-refractivity contribution in [2.45, 2.75) is 25.3 Å². The molecule has 0 aromatic carbocycles. The van der Waals surface area contributed by atoms with E-state index in [9.17, 15) is 9.59 Å². The fourth-order valence-electron chi connectivity index (χ4n) is 1.33. The number of carbonyl (C=O) groups excluding carboxylic acids is 1. The van der Waals surface area contributed by atoms with Gasteiger partial charge in [-0.15, -0.1) is 0 Å². The average molecular weight is 200 g/mol. The summed E-state index contributed by atoms with van der Waals surface area (Å²) in [7, 11) is 1.59. The van der Waals surface area contributed by atoms with Crippen LogP contribution in [0.25, 0.3) is 0 Å². The Morgan fingerprint density at radius 3 is 2.57 bits per heavy atom. The lowest BCUT2D eigenvalue weighted by atomic mass is 10.3. The van der Waals surface area contributed by atoms with Crippen molar-refractivity contribution < 1.29 is 14.7 Å². The number of likely N-dealkylation sites (N-methyl/N-ethyl adjacent to an activating group) is 1. The quantitative estimate of drug-likeness (QED) is 0.616. The molecule has 5 heteroatoms. The number of amides is 1. The van der Waals surface area contributed by atoms with E-state index in [0.717, 1.165) is 12.8 Å². The molecule has 0 radical (unpaired) electrons. The van der Waals surface area contributed by atoms with Crippen LogP contribution < -0.4 is 5.32 Å². The van der Waals surface area contributed by atoms with Gasteiger partial charge in [-0.2, -0.15) is 0 Å². The number of rotatable bonds is 6. The van der Waals surface area contributed by atoms with Crippen LogP contribution in [0.5, 0.6) is 0 Å². The molecule has 0 aliphatic heterocycles. The van der Waals surface area contributed by atoms with Gasteiger partial charge < -0.3 is 10.4 Å². The van der Waals surface area contributed by atoms with E-state index in [1.165, 1.54) is 0 Å². The van der Waals surface area contributed by atoms with Crippen LogP contribution in [0.3, 0.4) is 0 Å². The van der Waals surface area contributed by atoms with Crippen molar-refractivity contribution in [2.24, 2.45) is 0 Å². The van der Waals surface area contributed by atoms with Gasteiger partial charge in [-0.05, 0) is 12.8 Å². The van der Waals surface area contributed by atoms with Crippen LogP contribution in [0.2, 0.25) is 0 Å². The van der Waals surface area contributed by atoms with E-state index in [2.05, 4.69) is 5.32 Å². The molecule has 1 saturated carbocycles. The minimum Gasteiger partial charge on any atom is -0.481 e. The maximum absolute atomic E-state index is 11.1. The fourth-order valence-corrected chi connectivity index (χ4v) is 1.33. The Labute approximate surface area is 83.1 Å². The maximum atomic E-state index is 11.1. The van der Waals surface area contributed by atoms with E-state index in [-0.39, 0.29) is 12.3 Å². The average Bonchev–Trinajstić information content (AvgIpc) is 2.94. The number of carbonyl (C=O) groups is 2. The van der Waals surface area contributed by atoms with Gasteiger partial charge in [-0.1, -0.05) is 0 Å². The Balaban J connectivity index is 2.31. The highest BCUT2D eigenvalue weighted by Gasteiger charge is 2.29. The Bertz CT molecular complexity index is 226. The standard InChI is InChI=1S/C9H16N2O3/c1-10-8(12)6-11(7-2-3-7)5-4-9(13)14/h7H,2-6H2,1H3,(H,10,12)(H,13,14). The predicted molar refractivity (Wildman–Crippen MR) is 50.9 cm³/mol. The molecule has 1 aliphatic carbocycles. The van der Waals surface area contributed by atoms with Crippen LogP contribution in [0.4, 0.5) is 0 Å². The molecular formula is C9H16N2O3. The number of hydrogen-bond donors (Lipinski definition) is 2. The zero-order valence-corrected chi connectivity index (χ0v) is 8.32. The molecule has 0 unspecified atom stereocenters. The summed E-state index contributed by atoms with van der Waals surface area (Å²) < 4.78 is 0. The lowest BCUT2D eigenvalue weighted by Crippen LogP contribution is -2.38. The van der Waals surface area contributed by atoms with Crippen molar-refractivity contribution in [1.82, 2.24) is 10.2 Å². The topological polar surface area (TPSA) is 69.6 Å². The van der Waals surface area contributed by atoms with Gasteiger partial charge in [0.2, 0.25) is 5.91 Å². The summed E-state index contributed by atoms with van der Waals surface area (Å²) in [5.74, 6) is -0.866. The van der Waals surface area contributed by atoms with E-state index in [4.69, 9.17) is 5.11 Å². The van der Waals surface area contributed by atoms with Crippen LogP contribution in [0.15, 0.2) is 0 Å². The highest BCUT2D eigenvalue weighted by Crippen LogP contribution is 2.26. The first-order chi connectivity index (χ1) is 6.63. The molecule has 1 aliphatic rings.